The van der Waals surface area contributed by atoms with Gasteiger partial charge in [0.1, 0.15) is 6.61 Å². The van der Waals surface area contributed by atoms with Gasteiger partial charge in [0.2, 0.25) is 5.91 Å². The van der Waals surface area contributed by atoms with Crippen LogP contribution >= 0.6 is 0 Å². The van der Waals surface area contributed by atoms with Crippen LogP contribution in [-0.4, -0.2) is 40.7 Å². The molecule has 1 atom stereocenters. The number of benzene rings is 2. The van der Waals surface area contributed by atoms with E-state index in [4.69, 9.17) is 9.84 Å². The molecular weight excluding hydrogens is 434 g/mol. The Balaban J connectivity index is 1.26. The average molecular weight is 460 g/mol. The van der Waals surface area contributed by atoms with Crippen LogP contribution in [0.2, 0.25) is 0 Å². The van der Waals surface area contributed by atoms with Crippen molar-refractivity contribution in [3.05, 3.63) is 89.2 Å². The summed E-state index contributed by atoms with van der Waals surface area (Å²) in [7, 11) is 0. The molecule has 4 rings (SSSR count). The van der Waals surface area contributed by atoms with Crippen molar-refractivity contribution in [2.45, 2.75) is 31.8 Å². The molecule has 0 radical (unpaired) electrons. The van der Waals surface area contributed by atoms with Crippen LogP contribution in [0.5, 0.6) is 0 Å². The maximum Gasteiger partial charge on any atom is 0.407 e. The Kier molecular flexibility index (Phi) is 6.87. The number of fused-ring (bicyclic) bond motifs is 3. The summed E-state index contributed by atoms with van der Waals surface area (Å²) in [6.45, 7) is 2.01. The number of rotatable bonds is 8. The number of aromatic carboxylic acids is 1. The SMILES string of the molecule is C[C@@H](CC(=O)NCc1cc(C(=O)O)ccn1)NC(=O)OCC1c2ccccc2-c2ccccc21. The van der Waals surface area contributed by atoms with Gasteiger partial charge in [-0.1, -0.05) is 48.5 Å². The standard InChI is InChI=1S/C26H25N3O5/c1-16(12-24(30)28-14-18-13-17(25(31)32)10-11-27-18)29-26(33)34-15-23-21-8-4-2-6-19(21)20-7-3-5-9-22(20)23/h2-11,13,16,23H,12,14-15H2,1H3,(H,28,30)(H,29,33)(H,31,32)/t16-/m0/s1. The zero-order valence-corrected chi connectivity index (χ0v) is 18.7. The van der Waals surface area contributed by atoms with Crippen molar-refractivity contribution < 1.29 is 24.2 Å². The van der Waals surface area contributed by atoms with Crippen molar-refractivity contribution in [2.24, 2.45) is 0 Å². The van der Waals surface area contributed by atoms with Gasteiger partial charge in [0.25, 0.3) is 0 Å². The van der Waals surface area contributed by atoms with Crippen LogP contribution in [0, 0.1) is 0 Å². The number of carbonyl (C=O) groups is 3. The maximum absolute atomic E-state index is 12.4. The van der Waals surface area contributed by atoms with E-state index in [1.165, 1.54) is 18.3 Å². The minimum absolute atomic E-state index is 0.0363. The van der Waals surface area contributed by atoms with Gasteiger partial charge < -0.3 is 20.5 Å². The molecule has 0 spiro atoms. The molecule has 8 heteroatoms. The predicted molar refractivity (Wildman–Crippen MR) is 125 cm³/mol. The molecule has 0 fully saturated rings. The first-order valence-corrected chi connectivity index (χ1v) is 11.0. The molecule has 1 aromatic heterocycles. The highest BCUT2D eigenvalue weighted by molar-refractivity contribution is 5.87. The molecule has 1 heterocycles. The molecule has 8 nitrogen and oxygen atoms in total. The third kappa shape index (κ3) is 5.23. The molecule has 0 aliphatic heterocycles. The number of amides is 2. The number of aromatic nitrogens is 1. The molecule has 3 N–H and O–H groups in total. The van der Waals surface area contributed by atoms with Gasteiger partial charge in [0.05, 0.1) is 17.8 Å². The van der Waals surface area contributed by atoms with Crippen LogP contribution in [0.1, 0.15) is 46.4 Å². The van der Waals surface area contributed by atoms with Gasteiger partial charge in [-0.15, -0.1) is 0 Å². The lowest BCUT2D eigenvalue weighted by molar-refractivity contribution is -0.121. The fourth-order valence-corrected chi connectivity index (χ4v) is 4.14. The lowest BCUT2D eigenvalue weighted by Crippen LogP contribution is -2.38. The summed E-state index contributed by atoms with van der Waals surface area (Å²) >= 11 is 0. The first kappa shape index (κ1) is 23.0. The zero-order chi connectivity index (χ0) is 24.1. The van der Waals surface area contributed by atoms with Gasteiger partial charge in [0, 0.05) is 24.6 Å². The highest BCUT2D eigenvalue weighted by atomic mass is 16.5. The predicted octanol–water partition coefficient (Wildman–Crippen LogP) is 3.71. The van der Waals surface area contributed by atoms with Crippen LogP contribution in [0.15, 0.2) is 66.9 Å². The van der Waals surface area contributed by atoms with Crippen LogP contribution < -0.4 is 10.6 Å². The molecule has 174 valence electrons. The van der Waals surface area contributed by atoms with Crippen molar-refractivity contribution in [3.8, 4) is 11.1 Å². The van der Waals surface area contributed by atoms with Crippen LogP contribution in [0.25, 0.3) is 11.1 Å². The monoisotopic (exact) mass is 459 g/mol. The Morgan fingerprint density at radius 1 is 1.03 bits per heavy atom. The van der Waals surface area contributed by atoms with Gasteiger partial charge in [-0.25, -0.2) is 9.59 Å². The topological polar surface area (TPSA) is 118 Å². The number of ether oxygens (including phenoxy) is 1. The highest BCUT2D eigenvalue weighted by Gasteiger charge is 2.29. The van der Waals surface area contributed by atoms with E-state index in [-0.39, 0.29) is 37.0 Å². The molecule has 3 aromatic rings. The minimum atomic E-state index is -1.06. The molecule has 0 saturated carbocycles. The van der Waals surface area contributed by atoms with Gasteiger partial charge in [0.15, 0.2) is 0 Å². The number of carboxylic acid groups (broad SMARTS) is 1. The molecule has 2 aromatic carbocycles. The third-order valence-electron chi connectivity index (χ3n) is 5.73. The highest BCUT2D eigenvalue weighted by Crippen LogP contribution is 2.44. The molecule has 34 heavy (non-hydrogen) atoms. The maximum atomic E-state index is 12.4. The van der Waals surface area contributed by atoms with Gasteiger partial charge in [-0.05, 0) is 41.3 Å². The zero-order valence-electron chi connectivity index (χ0n) is 18.7. The van der Waals surface area contributed by atoms with E-state index in [0.29, 0.717) is 5.69 Å². The second-order valence-electron chi connectivity index (χ2n) is 8.19. The lowest BCUT2D eigenvalue weighted by atomic mass is 9.98. The molecule has 0 unspecified atom stereocenters. The summed E-state index contributed by atoms with van der Waals surface area (Å²) in [5.74, 6) is -1.39. The van der Waals surface area contributed by atoms with E-state index in [1.54, 1.807) is 6.92 Å². The molecule has 2 amide bonds. The lowest BCUT2D eigenvalue weighted by Gasteiger charge is -2.17. The normalized spacial score (nSPS) is 12.9. The Bertz CT molecular complexity index is 1180. The largest absolute Gasteiger partial charge is 0.478 e. The van der Waals surface area contributed by atoms with Crippen molar-refractivity contribution >= 4 is 18.0 Å². The second-order valence-corrected chi connectivity index (χ2v) is 8.19. The first-order chi connectivity index (χ1) is 16.4. The Morgan fingerprint density at radius 2 is 1.68 bits per heavy atom. The molecule has 1 aliphatic carbocycles. The van der Waals surface area contributed by atoms with E-state index in [0.717, 1.165) is 22.3 Å². The van der Waals surface area contributed by atoms with Crippen LogP contribution in [-0.2, 0) is 16.1 Å². The number of pyridine rings is 1. The van der Waals surface area contributed by atoms with E-state index < -0.39 is 18.1 Å². The van der Waals surface area contributed by atoms with E-state index in [9.17, 15) is 14.4 Å². The summed E-state index contributed by atoms with van der Waals surface area (Å²) in [6.07, 6.45) is 0.840. The number of hydrogen-bond acceptors (Lipinski definition) is 5. The quantitative estimate of drug-likeness (QED) is 0.473. The number of nitrogens with zero attached hydrogens (tertiary/aromatic N) is 1. The van der Waals surface area contributed by atoms with Crippen LogP contribution in [0.4, 0.5) is 4.79 Å². The fraction of sp³-hybridized carbons (Fsp3) is 0.231. The summed E-state index contributed by atoms with van der Waals surface area (Å²) in [6, 6.07) is 18.5. The molecular formula is C26H25N3O5. The third-order valence-corrected chi connectivity index (χ3v) is 5.73. The Morgan fingerprint density at radius 3 is 2.32 bits per heavy atom. The minimum Gasteiger partial charge on any atom is -0.478 e. The summed E-state index contributed by atoms with van der Waals surface area (Å²) in [5.41, 5.74) is 5.10. The van der Waals surface area contributed by atoms with E-state index >= 15 is 0 Å². The molecule has 0 saturated heterocycles. The number of carbonyl (C=O) groups excluding carboxylic acids is 2. The smallest absolute Gasteiger partial charge is 0.407 e. The van der Waals surface area contributed by atoms with Gasteiger partial charge in [-0.3, -0.25) is 9.78 Å². The van der Waals surface area contributed by atoms with Crippen molar-refractivity contribution in [2.75, 3.05) is 6.61 Å². The second kappa shape index (κ2) is 10.2. The fourth-order valence-electron chi connectivity index (χ4n) is 4.14. The number of alkyl carbamates (subject to hydrolysis) is 1. The first-order valence-electron chi connectivity index (χ1n) is 11.0. The molecule has 1 aliphatic rings. The number of hydrogen-bond donors (Lipinski definition) is 3. The van der Waals surface area contributed by atoms with Crippen molar-refractivity contribution in [3.63, 3.8) is 0 Å². The van der Waals surface area contributed by atoms with Crippen molar-refractivity contribution in [1.29, 1.82) is 0 Å². The summed E-state index contributed by atoms with van der Waals surface area (Å²) in [5, 5.41) is 14.4. The van der Waals surface area contributed by atoms with Crippen LogP contribution in [0.3, 0.4) is 0 Å². The average Bonchev–Trinajstić information content (AvgIpc) is 3.15. The summed E-state index contributed by atoms with van der Waals surface area (Å²) < 4.78 is 5.51. The number of nitrogens with one attached hydrogen (secondary N) is 2. The van der Waals surface area contributed by atoms with Crippen molar-refractivity contribution in [1.82, 2.24) is 15.6 Å². The Labute approximate surface area is 197 Å². The molecule has 0 bridgehead atoms. The Hall–Kier alpha value is -4.20. The van der Waals surface area contributed by atoms with Gasteiger partial charge in [-0.2, -0.15) is 0 Å². The summed E-state index contributed by atoms with van der Waals surface area (Å²) in [4.78, 5) is 39.7. The van der Waals surface area contributed by atoms with E-state index in [1.807, 2.05) is 24.3 Å². The van der Waals surface area contributed by atoms with E-state index in [2.05, 4.69) is 39.9 Å². The van der Waals surface area contributed by atoms with Gasteiger partial charge >= 0.3 is 12.1 Å². The number of carboxylic acids is 1.